The van der Waals surface area contributed by atoms with Crippen molar-refractivity contribution >= 4 is 16.9 Å². The molecule has 25 heavy (non-hydrogen) atoms. The Labute approximate surface area is 145 Å². The van der Waals surface area contributed by atoms with Gasteiger partial charge in [-0.05, 0) is 36.2 Å². The van der Waals surface area contributed by atoms with E-state index in [1.54, 1.807) is 6.07 Å². The molecular formula is C16H16F2N2O4S. The van der Waals surface area contributed by atoms with Crippen molar-refractivity contribution in [3.8, 4) is 0 Å². The maximum Gasteiger partial charge on any atom is 0.339 e. The second-order valence-electron chi connectivity index (χ2n) is 5.10. The van der Waals surface area contributed by atoms with E-state index in [1.165, 1.54) is 18.5 Å². The summed E-state index contributed by atoms with van der Waals surface area (Å²) in [5.41, 5.74) is 0.600. The second kappa shape index (κ2) is 9.19. The number of esters is 1. The standard InChI is InChI=1S/C16H16F2N2O4S/c17-14-8-12(9-15(18)10-14)3-5-20(25(22)23)6-7-24-16(21)13-2-1-4-19-11-13/h1-2,4,8-11,25H,3,5-7H2. The van der Waals surface area contributed by atoms with Crippen LogP contribution in [0.4, 0.5) is 8.78 Å². The molecule has 0 spiro atoms. The third kappa shape index (κ3) is 6.20. The molecule has 0 aliphatic rings. The largest absolute Gasteiger partial charge is 0.461 e. The Morgan fingerprint density at radius 2 is 1.88 bits per heavy atom. The highest BCUT2D eigenvalue weighted by Crippen LogP contribution is 2.09. The van der Waals surface area contributed by atoms with Gasteiger partial charge in [-0.3, -0.25) is 4.98 Å². The monoisotopic (exact) mass is 370 g/mol. The fraction of sp³-hybridized carbons (Fsp3) is 0.250. The van der Waals surface area contributed by atoms with E-state index in [2.05, 4.69) is 4.98 Å². The highest BCUT2D eigenvalue weighted by Gasteiger charge is 2.11. The zero-order chi connectivity index (χ0) is 18.2. The minimum absolute atomic E-state index is 0.0199. The molecule has 2 rings (SSSR count). The van der Waals surface area contributed by atoms with Gasteiger partial charge in [0.15, 0.2) is 0 Å². The fourth-order valence-corrected chi connectivity index (χ4v) is 2.61. The number of pyridine rings is 1. The van der Waals surface area contributed by atoms with Gasteiger partial charge in [-0.15, -0.1) is 0 Å². The average Bonchev–Trinajstić information content (AvgIpc) is 2.57. The van der Waals surface area contributed by atoms with E-state index in [1.807, 2.05) is 0 Å². The summed E-state index contributed by atoms with van der Waals surface area (Å²) in [7, 11) is -2.92. The summed E-state index contributed by atoms with van der Waals surface area (Å²) in [5.74, 6) is -2.06. The van der Waals surface area contributed by atoms with Gasteiger partial charge < -0.3 is 4.74 Å². The van der Waals surface area contributed by atoms with Crippen molar-refractivity contribution in [1.29, 1.82) is 0 Å². The lowest BCUT2D eigenvalue weighted by molar-refractivity contribution is 0.0489. The number of aromatic nitrogens is 1. The van der Waals surface area contributed by atoms with Crippen molar-refractivity contribution in [3.05, 3.63) is 65.5 Å². The molecule has 0 bridgehead atoms. The molecule has 0 aliphatic heterocycles. The molecule has 0 amide bonds. The van der Waals surface area contributed by atoms with E-state index in [-0.39, 0.29) is 31.7 Å². The van der Waals surface area contributed by atoms with Gasteiger partial charge in [0.1, 0.15) is 18.2 Å². The molecule has 0 saturated carbocycles. The quantitative estimate of drug-likeness (QED) is 0.564. The van der Waals surface area contributed by atoms with E-state index in [0.717, 1.165) is 22.5 Å². The maximum absolute atomic E-state index is 13.1. The third-order valence-corrected chi connectivity index (χ3v) is 4.15. The molecule has 1 heterocycles. The van der Waals surface area contributed by atoms with Crippen molar-refractivity contribution in [2.24, 2.45) is 0 Å². The molecule has 134 valence electrons. The Morgan fingerprint density at radius 3 is 2.48 bits per heavy atom. The molecule has 9 heteroatoms. The Balaban J connectivity index is 1.85. The van der Waals surface area contributed by atoms with Gasteiger partial charge in [0.05, 0.1) is 5.56 Å². The first kappa shape index (κ1) is 18.9. The zero-order valence-electron chi connectivity index (χ0n) is 13.1. The normalized spacial score (nSPS) is 11.0. The van der Waals surface area contributed by atoms with E-state index < -0.39 is 28.5 Å². The lowest BCUT2D eigenvalue weighted by Crippen LogP contribution is -2.29. The SMILES string of the molecule is O=C(OCCN(CCc1cc(F)cc(F)c1)[SH](=O)=O)c1cccnc1. The number of halogens is 2. The van der Waals surface area contributed by atoms with Crippen molar-refractivity contribution in [2.75, 3.05) is 19.7 Å². The molecule has 1 aromatic carbocycles. The highest BCUT2D eigenvalue weighted by molar-refractivity contribution is 7.69. The van der Waals surface area contributed by atoms with Crippen LogP contribution in [0.15, 0.2) is 42.7 Å². The first-order valence-corrected chi connectivity index (χ1v) is 8.50. The van der Waals surface area contributed by atoms with Crippen molar-refractivity contribution in [1.82, 2.24) is 9.29 Å². The number of thiol groups is 1. The first-order chi connectivity index (χ1) is 12.0. The smallest absolute Gasteiger partial charge is 0.339 e. The summed E-state index contributed by atoms with van der Waals surface area (Å²) in [5, 5.41) is 0. The molecule has 0 fully saturated rings. The van der Waals surface area contributed by atoms with Crippen LogP contribution in [0.5, 0.6) is 0 Å². The lowest BCUT2D eigenvalue weighted by Gasteiger charge is -2.15. The van der Waals surface area contributed by atoms with Gasteiger partial charge in [0, 0.05) is 31.5 Å². The Kier molecular flexibility index (Phi) is 6.96. The van der Waals surface area contributed by atoms with Crippen molar-refractivity contribution in [2.45, 2.75) is 6.42 Å². The number of carbonyl (C=O) groups excluding carboxylic acids is 1. The lowest BCUT2D eigenvalue weighted by atomic mass is 10.1. The zero-order valence-corrected chi connectivity index (χ0v) is 14.0. The van der Waals surface area contributed by atoms with Crippen LogP contribution in [-0.4, -0.2) is 43.4 Å². The molecule has 6 nitrogen and oxygen atoms in total. The topological polar surface area (TPSA) is 76.6 Å². The molecule has 0 radical (unpaired) electrons. The van der Waals surface area contributed by atoms with Crippen molar-refractivity contribution in [3.63, 3.8) is 0 Å². The average molecular weight is 370 g/mol. The summed E-state index contributed by atoms with van der Waals surface area (Å²) in [6.07, 6.45) is 2.98. The van der Waals surface area contributed by atoms with Crippen LogP contribution in [-0.2, 0) is 22.0 Å². The Bertz CT molecular complexity index is 772. The third-order valence-electron chi connectivity index (χ3n) is 3.29. The molecule has 0 atom stereocenters. The number of carbonyl (C=O) groups is 1. The summed E-state index contributed by atoms with van der Waals surface area (Å²) in [6.45, 7) is -0.177. The minimum Gasteiger partial charge on any atom is -0.461 e. The van der Waals surface area contributed by atoms with Crippen LogP contribution in [0.1, 0.15) is 15.9 Å². The summed E-state index contributed by atoms with van der Waals surface area (Å²) in [6, 6.07) is 6.13. The number of hydrogen-bond acceptors (Lipinski definition) is 5. The highest BCUT2D eigenvalue weighted by atomic mass is 32.2. The maximum atomic E-state index is 13.1. The molecule has 2 aromatic rings. The van der Waals surface area contributed by atoms with Crippen LogP contribution < -0.4 is 0 Å². The predicted molar refractivity (Wildman–Crippen MR) is 86.5 cm³/mol. The van der Waals surface area contributed by atoms with Gasteiger partial charge in [0.2, 0.25) is 10.9 Å². The Hall–Kier alpha value is -2.39. The summed E-state index contributed by atoms with van der Waals surface area (Å²) >= 11 is 0. The molecule has 0 unspecified atom stereocenters. The van der Waals surface area contributed by atoms with Crippen LogP contribution >= 0.6 is 0 Å². The van der Waals surface area contributed by atoms with Crippen molar-refractivity contribution < 1.29 is 26.7 Å². The minimum atomic E-state index is -2.92. The molecule has 0 saturated heterocycles. The van der Waals surface area contributed by atoms with Crippen LogP contribution in [0.2, 0.25) is 0 Å². The Morgan fingerprint density at radius 1 is 1.16 bits per heavy atom. The van der Waals surface area contributed by atoms with E-state index in [0.29, 0.717) is 5.56 Å². The first-order valence-electron chi connectivity index (χ1n) is 7.37. The number of hydrogen-bond donors (Lipinski definition) is 1. The van der Waals surface area contributed by atoms with Gasteiger partial charge in [0.25, 0.3) is 0 Å². The van der Waals surface area contributed by atoms with E-state index >= 15 is 0 Å². The summed E-state index contributed by atoms with van der Waals surface area (Å²) < 4.78 is 54.8. The van der Waals surface area contributed by atoms with Crippen LogP contribution in [0, 0.1) is 11.6 Å². The van der Waals surface area contributed by atoms with E-state index in [4.69, 9.17) is 4.74 Å². The molecule has 1 aromatic heterocycles. The molecular weight excluding hydrogens is 354 g/mol. The number of ether oxygens (including phenoxy) is 1. The van der Waals surface area contributed by atoms with Crippen LogP contribution in [0.25, 0.3) is 0 Å². The number of benzene rings is 1. The fourth-order valence-electron chi connectivity index (χ4n) is 2.10. The second-order valence-corrected chi connectivity index (χ2v) is 6.14. The predicted octanol–water partition coefficient (Wildman–Crippen LogP) is 1.59. The van der Waals surface area contributed by atoms with Gasteiger partial charge in [-0.25, -0.2) is 26.3 Å². The van der Waals surface area contributed by atoms with Gasteiger partial charge in [-0.2, -0.15) is 0 Å². The molecule has 0 aliphatic carbocycles. The number of rotatable bonds is 8. The van der Waals surface area contributed by atoms with Gasteiger partial charge in [-0.1, -0.05) is 0 Å². The summed E-state index contributed by atoms with van der Waals surface area (Å²) in [4.78, 5) is 15.5. The number of nitrogens with zero attached hydrogens (tertiary/aromatic N) is 2. The van der Waals surface area contributed by atoms with Crippen LogP contribution in [0.3, 0.4) is 0 Å². The molecule has 0 N–H and O–H groups in total. The van der Waals surface area contributed by atoms with E-state index in [9.17, 15) is 22.0 Å². The van der Waals surface area contributed by atoms with Gasteiger partial charge >= 0.3 is 5.97 Å².